The van der Waals surface area contributed by atoms with Crippen molar-refractivity contribution in [2.75, 3.05) is 41.7 Å². The number of hydrogen-bond donors (Lipinski definition) is 3. The molecule has 2 aromatic rings. The first-order valence-electron chi connectivity index (χ1n) is 10.4. The predicted octanol–water partition coefficient (Wildman–Crippen LogP) is 2.56. The number of nitrogens with zero attached hydrogens (tertiary/aromatic N) is 3. The highest BCUT2D eigenvalue weighted by molar-refractivity contribution is 5.98. The molecule has 1 aliphatic heterocycles. The van der Waals surface area contributed by atoms with Crippen LogP contribution in [0.4, 0.5) is 23.0 Å². The van der Waals surface area contributed by atoms with E-state index >= 15 is 0 Å². The van der Waals surface area contributed by atoms with Gasteiger partial charge in [-0.2, -0.15) is 0 Å². The van der Waals surface area contributed by atoms with E-state index in [1.807, 2.05) is 17.0 Å². The third kappa shape index (κ3) is 4.48. The third-order valence-electron chi connectivity index (χ3n) is 5.84. The number of aromatic nitrogens is 1. The lowest BCUT2D eigenvalue weighted by Gasteiger charge is -2.35. The van der Waals surface area contributed by atoms with Gasteiger partial charge < -0.3 is 26.2 Å². The van der Waals surface area contributed by atoms with Crippen molar-refractivity contribution < 1.29 is 9.59 Å². The van der Waals surface area contributed by atoms with Crippen molar-refractivity contribution in [1.29, 1.82) is 0 Å². The maximum absolute atomic E-state index is 11.7. The van der Waals surface area contributed by atoms with Gasteiger partial charge in [0, 0.05) is 50.5 Å². The summed E-state index contributed by atoms with van der Waals surface area (Å²) in [5.41, 5.74) is 7.95. The number of primary amides is 1. The Kier molecular flexibility index (Phi) is 5.74. The maximum Gasteiger partial charge on any atom is 0.252 e. The van der Waals surface area contributed by atoms with Crippen molar-refractivity contribution in [2.24, 2.45) is 5.73 Å². The number of anilines is 4. The molecule has 8 nitrogen and oxygen atoms in total. The predicted molar refractivity (Wildman–Crippen MR) is 118 cm³/mol. The standard InChI is InChI=1S/C22H28N6O2/c1-15(29)27-11-13-28(14-12-27)18-7-5-17(6-8-18)24-20-10-9-19(21(23)30)22(26-20)25-16-3-2-4-16/h5-10,16H,2-4,11-14H2,1H3,(H2,23,30)(H2,24,25,26). The summed E-state index contributed by atoms with van der Waals surface area (Å²) >= 11 is 0. The summed E-state index contributed by atoms with van der Waals surface area (Å²) in [6.07, 6.45) is 3.36. The highest BCUT2D eigenvalue weighted by Gasteiger charge is 2.21. The zero-order chi connectivity index (χ0) is 21.1. The highest BCUT2D eigenvalue weighted by Crippen LogP contribution is 2.27. The molecule has 1 aromatic carbocycles. The highest BCUT2D eigenvalue weighted by atomic mass is 16.2. The van der Waals surface area contributed by atoms with Crippen LogP contribution in [-0.4, -0.2) is 53.9 Å². The number of nitrogens with one attached hydrogen (secondary N) is 2. The van der Waals surface area contributed by atoms with Gasteiger partial charge in [0.2, 0.25) is 5.91 Å². The molecule has 4 N–H and O–H groups in total. The largest absolute Gasteiger partial charge is 0.368 e. The van der Waals surface area contributed by atoms with Crippen molar-refractivity contribution in [3.05, 3.63) is 42.0 Å². The van der Waals surface area contributed by atoms with E-state index in [1.165, 1.54) is 6.42 Å². The summed E-state index contributed by atoms with van der Waals surface area (Å²) in [5, 5.41) is 6.63. The molecule has 0 unspecified atom stereocenters. The summed E-state index contributed by atoms with van der Waals surface area (Å²) in [6, 6.07) is 12.0. The van der Waals surface area contributed by atoms with Crippen molar-refractivity contribution in [3.8, 4) is 0 Å². The van der Waals surface area contributed by atoms with Gasteiger partial charge in [-0.15, -0.1) is 0 Å². The molecular weight excluding hydrogens is 380 g/mol. The topological polar surface area (TPSA) is 104 Å². The Morgan fingerprint density at radius 2 is 1.73 bits per heavy atom. The number of nitrogens with two attached hydrogens (primary N) is 1. The van der Waals surface area contributed by atoms with E-state index in [2.05, 4.69) is 32.7 Å². The van der Waals surface area contributed by atoms with Crippen LogP contribution in [0.25, 0.3) is 0 Å². The molecule has 8 heteroatoms. The van der Waals surface area contributed by atoms with Gasteiger partial charge in [-0.05, 0) is 55.7 Å². The summed E-state index contributed by atoms with van der Waals surface area (Å²) in [6.45, 7) is 4.79. The molecule has 2 aliphatic rings. The first kappa shape index (κ1) is 20.0. The molecule has 2 heterocycles. The van der Waals surface area contributed by atoms with Crippen molar-refractivity contribution in [3.63, 3.8) is 0 Å². The maximum atomic E-state index is 11.7. The Bertz CT molecular complexity index is 918. The monoisotopic (exact) mass is 408 g/mol. The van der Waals surface area contributed by atoms with Crippen LogP contribution in [-0.2, 0) is 4.79 Å². The average Bonchev–Trinajstić information content (AvgIpc) is 2.71. The molecule has 30 heavy (non-hydrogen) atoms. The number of amides is 2. The lowest BCUT2D eigenvalue weighted by atomic mass is 9.93. The fourth-order valence-electron chi connectivity index (χ4n) is 3.77. The molecule has 1 saturated carbocycles. The van der Waals surface area contributed by atoms with Crippen LogP contribution in [0, 0.1) is 0 Å². The summed E-state index contributed by atoms with van der Waals surface area (Å²) in [4.78, 5) is 31.9. The zero-order valence-corrected chi connectivity index (χ0v) is 17.2. The average molecular weight is 409 g/mol. The van der Waals surface area contributed by atoms with E-state index in [9.17, 15) is 9.59 Å². The summed E-state index contributed by atoms with van der Waals surface area (Å²) < 4.78 is 0. The normalized spacial score (nSPS) is 16.7. The summed E-state index contributed by atoms with van der Waals surface area (Å²) in [7, 11) is 0. The number of rotatable bonds is 6. The SMILES string of the molecule is CC(=O)N1CCN(c2ccc(Nc3ccc(C(N)=O)c(NC4CCC4)n3)cc2)CC1. The first-order chi connectivity index (χ1) is 14.5. The van der Waals surface area contributed by atoms with Crippen molar-refractivity contribution in [2.45, 2.75) is 32.2 Å². The molecular formula is C22H28N6O2. The van der Waals surface area contributed by atoms with Gasteiger partial charge in [0.05, 0.1) is 5.56 Å². The smallest absolute Gasteiger partial charge is 0.252 e. The van der Waals surface area contributed by atoms with Crippen molar-refractivity contribution >= 4 is 34.8 Å². The van der Waals surface area contributed by atoms with Gasteiger partial charge in [-0.1, -0.05) is 0 Å². The van der Waals surface area contributed by atoms with Crippen LogP contribution in [0.3, 0.4) is 0 Å². The van der Waals surface area contributed by atoms with Gasteiger partial charge in [0.15, 0.2) is 0 Å². The van der Waals surface area contributed by atoms with Gasteiger partial charge >= 0.3 is 0 Å². The van der Waals surface area contributed by atoms with E-state index in [4.69, 9.17) is 5.73 Å². The number of carbonyl (C=O) groups is 2. The molecule has 1 aromatic heterocycles. The molecule has 4 rings (SSSR count). The second kappa shape index (κ2) is 8.61. The number of benzene rings is 1. The van der Waals surface area contributed by atoms with E-state index in [0.717, 1.165) is 50.4 Å². The molecule has 0 radical (unpaired) electrons. The third-order valence-corrected chi connectivity index (χ3v) is 5.84. The van der Waals surface area contributed by atoms with Crippen LogP contribution in [0.1, 0.15) is 36.5 Å². The molecule has 1 aliphatic carbocycles. The summed E-state index contributed by atoms with van der Waals surface area (Å²) in [5.74, 6) is 0.849. The zero-order valence-electron chi connectivity index (χ0n) is 17.2. The Labute approximate surface area is 176 Å². The molecule has 0 spiro atoms. The Morgan fingerprint density at radius 3 is 2.30 bits per heavy atom. The molecule has 158 valence electrons. The lowest BCUT2D eigenvalue weighted by Crippen LogP contribution is -2.48. The Morgan fingerprint density at radius 1 is 1.03 bits per heavy atom. The van der Waals surface area contributed by atoms with E-state index in [1.54, 1.807) is 19.1 Å². The fraction of sp³-hybridized carbons (Fsp3) is 0.409. The Balaban J connectivity index is 1.42. The van der Waals surface area contributed by atoms with Crippen LogP contribution in [0.5, 0.6) is 0 Å². The van der Waals surface area contributed by atoms with Crippen molar-refractivity contribution in [1.82, 2.24) is 9.88 Å². The number of hydrogen-bond acceptors (Lipinski definition) is 6. The lowest BCUT2D eigenvalue weighted by molar-refractivity contribution is -0.129. The number of piperazine rings is 1. The molecule has 0 atom stereocenters. The number of pyridine rings is 1. The van der Waals surface area contributed by atoms with Gasteiger partial charge in [0.25, 0.3) is 5.91 Å². The minimum absolute atomic E-state index is 0.134. The molecule has 2 fully saturated rings. The first-order valence-corrected chi connectivity index (χ1v) is 10.4. The minimum atomic E-state index is -0.481. The van der Waals surface area contributed by atoms with Crippen LogP contribution in [0.15, 0.2) is 36.4 Å². The Hall–Kier alpha value is -3.29. The van der Waals surface area contributed by atoms with Gasteiger partial charge in [0.1, 0.15) is 11.6 Å². The second-order valence-electron chi connectivity index (χ2n) is 7.89. The van der Waals surface area contributed by atoms with E-state index in [0.29, 0.717) is 23.2 Å². The van der Waals surface area contributed by atoms with Crippen LogP contribution >= 0.6 is 0 Å². The molecule has 0 bridgehead atoms. The van der Waals surface area contributed by atoms with E-state index < -0.39 is 5.91 Å². The second-order valence-corrected chi connectivity index (χ2v) is 7.89. The van der Waals surface area contributed by atoms with Crippen LogP contribution < -0.4 is 21.3 Å². The minimum Gasteiger partial charge on any atom is -0.368 e. The van der Waals surface area contributed by atoms with E-state index in [-0.39, 0.29) is 5.91 Å². The van der Waals surface area contributed by atoms with Gasteiger partial charge in [-0.3, -0.25) is 9.59 Å². The molecule has 1 saturated heterocycles. The molecule has 2 amide bonds. The fourth-order valence-corrected chi connectivity index (χ4v) is 3.77. The van der Waals surface area contributed by atoms with Crippen LogP contribution in [0.2, 0.25) is 0 Å². The quantitative estimate of drug-likeness (QED) is 0.679. The number of carbonyl (C=O) groups excluding carboxylic acids is 2. The van der Waals surface area contributed by atoms with Gasteiger partial charge in [-0.25, -0.2) is 4.98 Å².